The number of aryl methyl sites for hydroxylation is 2. The zero-order valence-electron chi connectivity index (χ0n) is 15.2. The van der Waals surface area contributed by atoms with Crippen molar-refractivity contribution in [1.29, 1.82) is 0 Å². The molecule has 134 valence electrons. The van der Waals surface area contributed by atoms with Gasteiger partial charge < -0.3 is 14.4 Å². The van der Waals surface area contributed by atoms with Crippen LogP contribution in [0.4, 0.5) is 0 Å². The average Bonchev–Trinajstić information content (AvgIpc) is 3.04. The van der Waals surface area contributed by atoms with Gasteiger partial charge in [-0.25, -0.2) is 4.98 Å². The lowest BCUT2D eigenvalue weighted by molar-refractivity contribution is -0.133. The molecular weight excluding hydrogens is 336 g/mol. The van der Waals surface area contributed by atoms with Crippen molar-refractivity contribution in [3.63, 3.8) is 0 Å². The fourth-order valence-corrected chi connectivity index (χ4v) is 4.20. The highest BCUT2D eigenvalue weighted by molar-refractivity contribution is 7.09. The van der Waals surface area contributed by atoms with E-state index in [9.17, 15) is 4.79 Å². The Morgan fingerprint density at radius 2 is 2.04 bits per heavy atom. The standard InChI is InChI=1S/C19H24N2O3S/c1-12-18(25-11-20-12)5-6-19(22)21-8-7-14-9-16(23-3)17(24-4)10-15(14)13(21)2/h9-11,13H,5-8H2,1-4H3/t13-/m1/s1. The summed E-state index contributed by atoms with van der Waals surface area (Å²) in [6.45, 7) is 4.82. The lowest BCUT2D eigenvalue weighted by Gasteiger charge is -2.36. The third kappa shape index (κ3) is 3.49. The van der Waals surface area contributed by atoms with Gasteiger partial charge in [0.15, 0.2) is 11.5 Å². The first-order valence-corrected chi connectivity index (χ1v) is 9.36. The van der Waals surface area contributed by atoms with E-state index in [4.69, 9.17) is 9.47 Å². The second kappa shape index (κ2) is 7.44. The molecule has 1 aliphatic rings. The normalized spacial score (nSPS) is 16.5. The first-order valence-electron chi connectivity index (χ1n) is 8.48. The van der Waals surface area contributed by atoms with Crippen molar-refractivity contribution in [2.45, 2.75) is 39.2 Å². The van der Waals surface area contributed by atoms with Gasteiger partial charge in [-0.1, -0.05) is 0 Å². The molecule has 1 amide bonds. The molecule has 2 heterocycles. The molecule has 3 rings (SSSR count). The van der Waals surface area contributed by atoms with Gasteiger partial charge in [0.25, 0.3) is 0 Å². The second-order valence-electron chi connectivity index (χ2n) is 6.28. The maximum Gasteiger partial charge on any atom is 0.223 e. The van der Waals surface area contributed by atoms with Crippen molar-refractivity contribution in [3.8, 4) is 11.5 Å². The number of carbonyl (C=O) groups is 1. The predicted molar refractivity (Wildman–Crippen MR) is 98.6 cm³/mol. The molecule has 5 nitrogen and oxygen atoms in total. The van der Waals surface area contributed by atoms with Crippen molar-refractivity contribution in [2.75, 3.05) is 20.8 Å². The van der Waals surface area contributed by atoms with Gasteiger partial charge in [-0.15, -0.1) is 11.3 Å². The number of carbonyl (C=O) groups excluding carboxylic acids is 1. The molecule has 1 atom stereocenters. The third-order valence-corrected chi connectivity index (χ3v) is 5.91. The van der Waals surface area contributed by atoms with Crippen LogP contribution in [0, 0.1) is 6.92 Å². The summed E-state index contributed by atoms with van der Waals surface area (Å²) in [5.74, 6) is 1.65. The molecule has 0 saturated carbocycles. The van der Waals surface area contributed by atoms with Crippen LogP contribution in [0.2, 0.25) is 0 Å². The molecule has 0 bridgehead atoms. The highest BCUT2D eigenvalue weighted by Crippen LogP contribution is 2.38. The molecular formula is C19H24N2O3S. The molecule has 0 saturated heterocycles. The first-order chi connectivity index (χ1) is 12.0. The SMILES string of the molecule is COc1cc2c(cc1OC)[C@@H](C)N(C(=O)CCc1scnc1C)CC2. The Bertz CT molecular complexity index is 772. The molecule has 0 N–H and O–H groups in total. The van der Waals surface area contributed by atoms with Crippen molar-refractivity contribution in [1.82, 2.24) is 9.88 Å². The van der Waals surface area contributed by atoms with Gasteiger partial charge in [0.05, 0.1) is 31.5 Å². The van der Waals surface area contributed by atoms with Crippen LogP contribution < -0.4 is 9.47 Å². The summed E-state index contributed by atoms with van der Waals surface area (Å²) in [6, 6.07) is 4.08. The smallest absolute Gasteiger partial charge is 0.223 e. The van der Waals surface area contributed by atoms with Gasteiger partial charge in [0.1, 0.15) is 0 Å². The Morgan fingerprint density at radius 1 is 1.32 bits per heavy atom. The molecule has 2 aromatic rings. The minimum Gasteiger partial charge on any atom is -0.493 e. The molecule has 1 aromatic carbocycles. The van der Waals surface area contributed by atoms with Crippen LogP contribution in [-0.2, 0) is 17.6 Å². The number of aromatic nitrogens is 1. The van der Waals surface area contributed by atoms with E-state index in [1.807, 2.05) is 29.5 Å². The predicted octanol–water partition coefficient (Wildman–Crippen LogP) is 3.55. The molecule has 6 heteroatoms. The van der Waals surface area contributed by atoms with Crippen LogP contribution in [0.3, 0.4) is 0 Å². The lowest BCUT2D eigenvalue weighted by Crippen LogP contribution is -2.39. The number of hydrogen-bond donors (Lipinski definition) is 0. The zero-order valence-corrected chi connectivity index (χ0v) is 16.0. The quantitative estimate of drug-likeness (QED) is 0.818. The Labute approximate surface area is 152 Å². The summed E-state index contributed by atoms with van der Waals surface area (Å²) in [5.41, 5.74) is 5.25. The Balaban J connectivity index is 1.75. The van der Waals surface area contributed by atoms with Gasteiger partial charge in [-0.3, -0.25) is 4.79 Å². The van der Waals surface area contributed by atoms with Crippen LogP contribution >= 0.6 is 11.3 Å². The van der Waals surface area contributed by atoms with Crippen molar-refractivity contribution in [3.05, 3.63) is 39.3 Å². The summed E-state index contributed by atoms with van der Waals surface area (Å²) in [5, 5.41) is 0. The summed E-state index contributed by atoms with van der Waals surface area (Å²) in [4.78, 5) is 20.2. The summed E-state index contributed by atoms with van der Waals surface area (Å²) in [6.07, 6.45) is 2.12. The maximum atomic E-state index is 12.8. The van der Waals surface area contributed by atoms with Crippen LogP contribution in [0.1, 0.15) is 41.1 Å². The highest BCUT2D eigenvalue weighted by atomic mass is 32.1. The van der Waals surface area contributed by atoms with Gasteiger partial charge in [-0.05, 0) is 49.9 Å². The molecule has 0 radical (unpaired) electrons. The van der Waals surface area contributed by atoms with Crippen LogP contribution in [0.5, 0.6) is 11.5 Å². The number of nitrogens with zero attached hydrogens (tertiary/aromatic N) is 2. The van der Waals surface area contributed by atoms with Crippen LogP contribution in [0.15, 0.2) is 17.6 Å². The number of thiazole rings is 1. The number of benzene rings is 1. The number of ether oxygens (including phenoxy) is 2. The van der Waals surface area contributed by atoms with Crippen LogP contribution in [0.25, 0.3) is 0 Å². The highest BCUT2D eigenvalue weighted by Gasteiger charge is 2.29. The Hall–Kier alpha value is -2.08. The summed E-state index contributed by atoms with van der Waals surface area (Å²) < 4.78 is 10.8. The average molecular weight is 360 g/mol. The Morgan fingerprint density at radius 3 is 2.68 bits per heavy atom. The monoisotopic (exact) mass is 360 g/mol. The van der Waals surface area contributed by atoms with Crippen molar-refractivity contribution >= 4 is 17.2 Å². The molecule has 0 fully saturated rings. The minimum atomic E-state index is 0.0404. The van der Waals surface area contributed by atoms with Gasteiger partial charge in [0.2, 0.25) is 5.91 Å². The number of rotatable bonds is 5. The number of hydrogen-bond acceptors (Lipinski definition) is 5. The molecule has 0 spiro atoms. The Kier molecular flexibility index (Phi) is 5.27. The minimum absolute atomic E-state index is 0.0404. The van der Waals surface area contributed by atoms with Crippen LogP contribution in [-0.4, -0.2) is 36.6 Å². The number of amides is 1. The zero-order chi connectivity index (χ0) is 18.0. The van der Waals surface area contributed by atoms with E-state index >= 15 is 0 Å². The van der Waals surface area contributed by atoms with E-state index < -0.39 is 0 Å². The van der Waals surface area contributed by atoms with Gasteiger partial charge >= 0.3 is 0 Å². The number of methoxy groups -OCH3 is 2. The molecule has 1 aromatic heterocycles. The summed E-state index contributed by atoms with van der Waals surface area (Å²) >= 11 is 1.62. The van der Waals surface area contributed by atoms with Crippen molar-refractivity contribution < 1.29 is 14.3 Å². The third-order valence-electron chi connectivity index (χ3n) is 4.92. The summed E-state index contributed by atoms with van der Waals surface area (Å²) in [7, 11) is 3.28. The fraction of sp³-hybridized carbons (Fsp3) is 0.474. The lowest BCUT2D eigenvalue weighted by atomic mass is 9.92. The largest absolute Gasteiger partial charge is 0.493 e. The second-order valence-corrected chi connectivity index (χ2v) is 7.22. The van der Waals surface area contributed by atoms with Gasteiger partial charge in [0, 0.05) is 17.8 Å². The van der Waals surface area contributed by atoms with E-state index in [1.165, 1.54) is 10.4 Å². The van der Waals surface area contributed by atoms with E-state index in [1.54, 1.807) is 25.6 Å². The van der Waals surface area contributed by atoms with E-state index in [0.717, 1.165) is 36.4 Å². The molecule has 0 aliphatic carbocycles. The first kappa shape index (κ1) is 17.7. The fourth-order valence-electron chi connectivity index (χ4n) is 3.42. The van der Waals surface area contributed by atoms with Gasteiger partial charge in [-0.2, -0.15) is 0 Å². The van der Waals surface area contributed by atoms with E-state index in [2.05, 4.69) is 11.9 Å². The molecule has 1 aliphatic heterocycles. The number of fused-ring (bicyclic) bond motifs is 1. The van der Waals surface area contributed by atoms with E-state index in [-0.39, 0.29) is 11.9 Å². The molecule has 25 heavy (non-hydrogen) atoms. The van der Waals surface area contributed by atoms with E-state index in [0.29, 0.717) is 12.2 Å². The van der Waals surface area contributed by atoms with Crippen molar-refractivity contribution in [2.24, 2.45) is 0 Å². The topological polar surface area (TPSA) is 51.7 Å². The molecule has 0 unspecified atom stereocenters. The maximum absolute atomic E-state index is 12.8.